The van der Waals surface area contributed by atoms with E-state index in [0.717, 1.165) is 25.2 Å². The van der Waals surface area contributed by atoms with E-state index in [1.807, 2.05) is 29.2 Å². The maximum atomic E-state index is 13.2. The molecule has 0 radical (unpaired) electrons. The third-order valence-electron chi connectivity index (χ3n) is 5.45. The number of para-hydroxylation sites is 1. The molecule has 2 bridgehead atoms. The Hall–Kier alpha value is -2.28. The molecule has 132 valence electrons. The number of likely N-dealkylation sites (tertiary alicyclic amines) is 1. The highest BCUT2D eigenvalue weighted by Gasteiger charge is 2.39. The predicted molar refractivity (Wildman–Crippen MR) is 93.5 cm³/mol. The van der Waals surface area contributed by atoms with Crippen LogP contribution in [0.3, 0.4) is 0 Å². The van der Waals surface area contributed by atoms with Gasteiger partial charge in [-0.05, 0) is 55.7 Å². The highest BCUT2D eigenvalue weighted by atomic mass is 16.2. The Morgan fingerprint density at radius 3 is 2.72 bits per heavy atom. The fourth-order valence-electron chi connectivity index (χ4n) is 4.43. The highest BCUT2D eigenvalue weighted by molar-refractivity contribution is 5.97. The molecule has 7 nitrogen and oxygen atoms in total. The first-order valence-electron chi connectivity index (χ1n) is 9.04. The summed E-state index contributed by atoms with van der Waals surface area (Å²) in [4.78, 5) is 17.9. The Morgan fingerprint density at radius 2 is 1.96 bits per heavy atom. The van der Waals surface area contributed by atoms with E-state index in [9.17, 15) is 4.79 Å². The molecular weight excluding hydrogens is 316 g/mol. The average molecular weight is 340 g/mol. The van der Waals surface area contributed by atoms with Crippen LogP contribution in [0, 0.1) is 0 Å². The molecule has 1 aromatic heterocycles. The van der Waals surface area contributed by atoms with Gasteiger partial charge in [0.2, 0.25) is 0 Å². The minimum atomic E-state index is 0.0716. The molecule has 2 atom stereocenters. The number of amides is 1. The van der Waals surface area contributed by atoms with Crippen molar-refractivity contribution in [3.05, 3.63) is 36.2 Å². The highest BCUT2D eigenvalue weighted by Crippen LogP contribution is 2.32. The molecule has 2 saturated heterocycles. The van der Waals surface area contributed by atoms with E-state index in [1.54, 1.807) is 4.68 Å². The normalized spacial score (nSPS) is 23.9. The van der Waals surface area contributed by atoms with E-state index in [-0.39, 0.29) is 5.91 Å². The van der Waals surface area contributed by atoms with Gasteiger partial charge in [0.25, 0.3) is 5.91 Å². The minimum absolute atomic E-state index is 0.0716. The summed E-state index contributed by atoms with van der Waals surface area (Å²) in [7, 11) is 0. The van der Waals surface area contributed by atoms with Crippen LogP contribution in [-0.2, 0) is 0 Å². The van der Waals surface area contributed by atoms with Crippen molar-refractivity contribution < 1.29 is 4.79 Å². The van der Waals surface area contributed by atoms with Crippen molar-refractivity contribution in [3.63, 3.8) is 0 Å². The number of carbonyl (C=O) groups excluding carboxylic acids is 1. The molecule has 3 heterocycles. The smallest absolute Gasteiger partial charge is 0.256 e. The second-order valence-corrected chi connectivity index (χ2v) is 7.24. The van der Waals surface area contributed by atoms with Gasteiger partial charge in [-0.25, -0.2) is 0 Å². The van der Waals surface area contributed by atoms with E-state index in [1.165, 1.54) is 19.2 Å². The number of rotatable bonds is 3. The van der Waals surface area contributed by atoms with Gasteiger partial charge in [0.15, 0.2) is 0 Å². The molecule has 2 fully saturated rings. The van der Waals surface area contributed by atoms with Gasteiger partial charge in [0, 0.05) is 31.2 Å². The third kappa shape index (κ3) is 2.93. The zero-order valence-electron chi connectivity index (χ0n) is 14.7. The Labute approximate surface area is 147 Å². The van der Waals surface area contributed by atoms with Crippen LogP contribution >= 0.6 is 0 Å². The Kier molecular flexibility index (Phi) is 4.25. The molecule has 1 aromatic carbocycles. The van der Waals surface area contributed by atoms with Crippen LogP contribution in [0.2, 0.25) is 0 Å². The van der Waals surface area contributed by atoms with Crippen LogP contribution in [0.4, 0.5) is 0 Å². The van der Waals surface area contributed by atoms with Crippen LogP contribution in [-0.4, -0.2) is 67.1 Å². The molecule has 7 heteroatoms. The van der Waals surface area contributed by atoms with Crippen molar-refractivity contribution in [2.75, 3.05) is 13.1 Å². The van der Waals surface area contributed by atoms with Crippen molar-refractivity contribution >= 4 is 5.91 Å². The lowest BCUT2D eigenvalue weighted by molar-refractivity contribution is 0.0728. The zero-order valence-corrected chi connectivity index (χ0v) is 14.7. The van der Waals surface area contributed by atoms with Gasteiger partial charge in [-0.1, -0.05) is 12.1 Å². The van der Waals surface area contributed by atoms with Crippen LogP contribution in [0.5, 0.6) is 0 Å². The number of fused-ring (bicyclic) bond motifs is 2. The van der Waals surface area contributed by atoms with Gasteiger partial charge in [-0.3, -0.25) is 9.69 Å². The monoisotopic (exact) mass is 340 g/mol. The number of hydrogen-bond donors (Lipinski definition) is 0. The number of benzene rings is 1. The van der Waals surface area contributed by atoms with Gasteiger partial charge < -0.3 is 4.90 Å². The summed E-state index contributed by atoms with van der Waals surface area (Å²) in [5.41, 5.74) is 1.39. The lowest BCUT2D eigenvalue weighted by Gasteiger charge is -2.32. The molecule has 4 rings (SSSR count). The molecule has 2 aliphatic rings. The lowest BCUT2D eigenvalue weighted by atomic mass is 10.1. The number of hydrogen-bond acceptors (Lipinski definition) is 5. The quantitative estimate of drug-likeness (QED) is 0.851. The Balaban J connectivity index is 1.60. The lowest BCUT2D eigenvalue weighted by Crippen LogP contribution is -2.44. The van der Waals surface area contributed by atoms with Crippen molar-refractivity contribution in [3.8, 4) is 5.69 Å². The topological polar surface area (TPSA) is 67.2 Å². The summed E-state index contributed by atoms with van der Waals surface area (Å²) in [6, 6.07) is 9.15. The van der Waals surface area contributed by atoms with E-state index in [0.29, 0.717) is 23.7 Å². The molecular formula is C18H24N6O. The van der Waals surface area contributed by atoms with Crippen molar-refractivity contribution in [2.24, 2.45) is 0 Å². The predicted octanol–water partition coefficient (Wildman–Crippen LogP) is 1.75. The number of nitrogens with zero attached hydrogens (tertiary/aromatic N) is 6. The van der Waals surface area contributed by atoms with Gasteiger partial charge in [-0.2, -0.15) is 4.68 Å². The summed E-state index contributed by atoms with van der Waals surface area (Å²) < 4.78 is 1.55. The number of carbonyl (C=O) groups is 1. The molecule has 2 unspecified atom stereocenters. The molecule has 0 aliphatic carbocycles. The molecule has 0 N–H and O–H groups in total. The van der Waals surface area contributed by atoms with Gasteiger partial charge in [0.05, 0.1) is 11.3 Å². The molecule has 25 heavy (non-hydrogen) atoms. The molecule has 0 spiro atoms. The standard InChI is InChI=1S/C18H24N6O/c1-13(2)24-14-7-8-15(24)11-22(10-9-14)18(25)16-5-3-4-6-17(16)23-12-19-20-21-23/h3-6,12-15H,7-11H2,1-2H3. The fourth-order valence-corrected chi connectivity index (χ4v) is 4.43. The zero-order chi connectivity index (χ0) is 17.4. The van der Waals surface area contributed by atoms with E-state index in [4.69, 9.17) is 0 Å². The molecule has 1 amide bonds. The fraction of sp³-hybridized carbons (Fsp3) is 0.556. The first-order chi connectivity index (χ1) is 12.1. The number of tetrazole rings is 1. The first kappa shape index (κ1) is 16.2. The maximum absolute atomic E-state index is 13.2. The van der Waals surface area contributed by atoms with Crippen LogP contribution in [0.15, 0.2) is 30.6 Å². The average Bonchev–Trinajstić information content (AvgIpc) is 3.22. The summed E-state index contributed by atoms with van der Waals surface area (Å²) in [6.45, 7) is 6.14. The first-order valence-corrected chi connectivity index (χ1v) is 9.04. The minimum Gasteiger partial charge on any atom is -0.337 e. The largest absolute Gasteiger partial charge is 0.337 e. The van der Waals surface area contributed by atoms with Gasteiger partial charge in [-0.15, -0.1) is 5.10 Å². The number of aromatic nitrogens is 4. The Bertz CT molecular complexity index is 744. The van der Waals surface area contributed by atoms with Crippen molar-refractivity contribution in [2.45, 2.75) is 51.2 Å². The molecule has 2 aliphatic heterocycles. The second kappa shape index (κ2) is 6.55. The maximum Gasteiger partial charge on any atom is 0.256 e. The summed E-state index contributed by atoms with van der Waals surface area (Å²) in [5, 5.41) is 11.3. The van der Waals surface area contributed by atoms with Crippen LogP contribution in [0.1, 0.15) is 43.5 Å². The van der Waals surface area contributed by atoms with E-state index >= 15 is 0 Å². The van der Waals surface area contributed by atoms with Crippen molar-refractivity contribution in [1.29, 1.82) is 0 Å². The van der Waals surface area contributed by atoms with E-state index in [2.05, 4.69) is 34.3 Å². The molecule has 2 aromatic rings. The second-order valence-electron chi connectivity index (χ2n) is 7.24. The van der Waals surface area contributed by atoms with Crippen LogP contribution in [0.25, 0.3) is 5.69 Å². The Morgan fingerprint density at radius 1 is 1.16 bits per heavy atom. The third-order valence-corrected chi connectivity index (χ3v) is 5.45. The summed E-state index contributed by atoms with van der Waals surface area (Å²) in [5.74, 6) is 0.0716. The SMILES string of the molecule is CC(C)N1C2CCC1CN(C(=O)c1ccccc1-n1cnnn1)CC2. The van der Waals surface area contributed by atoms with Crippen molar-refractivity contribution in [1.82, 2.24) is 30.0 Å². The summed E-state index contributed by atoms with van der Waals surface area (Å²) in [6.07, 6.45) is 5.01. The van der Waals surface area contributed by atoms with Crippen LogP contribution < -0.4 is 0 Å². The van der Waals surface area contributed by atoms with Gasteiger partial charge >= 0.3 is 0 Å². The van der Waals surface area contributed by atoms with E-state index < -0.39 is 0 Å². The summed E-state index contributed by atoms with van der Waals surface area (Å²) >= 11 is 0. The molecule has 0 saturated carbocycles. The van der Waals surface area contributed by atoms with Gasteiger partial charge in [0.1, 0.15) is 6.33 Å².